The lowest BCUT2D eigenvalue weighted by atomic mass is 10.2. The molecule has 0 spiro atoms. The van der Waals surface area contributed by atoms with Gasteiger partial charge in [-0.3, -0.25) is 0 Å². The van der Waals surface area contributed by atoms with E-state index in [1.807, 2.05) is 36.4 Å². The molecule has 3 heteroatoms. The lowest BCUT2D eigenvalue weighted by Gasteiger charge is -2.09. The molecule has 0 radical (unpaired) electrons. The molecule has 0 aliphatic carbocycles. The van der Waals surface area contributed by atoms with Crippen LogP contribution in [0.4, 0.5) is 5.69 Å². The lowest BCUT2D eigenvalue weighted by Crippen LogP contribution is -2.00. The number of hydrogen-bond donors (Lipinski definition) is 2. The van der Waals surface area contributed by atoms with Gasteiger partial charge in [-0.05, 0) is 40.2 Å². The Hall–Kier alpha value is -1.92. The second-order valence-electron chi connectivity index (χ2n) is 3.83. The topological polar surface area (TPSA) is 32.3 Å². The third kappa shape index (κ3) is 2.85. The van der Waals surface area contributed by atoms with Gasteiger partial charge in [0, 0.05) is 23.4 Å². The van der Waals surface area contributed by atoms with Gasteiger partial charge in [0.1, 0.15) is 5.75 Å². The van der Waals surface area contributed by atoms with Crippen molar-refractivity contribution in [3.05, 3.63) is 58.1 Å². The molecule has 2 rings (SSSR count). The van der Waals surface area contributed by atoms with E-state index in [2.05, 4.69) is 27.2 Å². The minimum Gasteiger partial charge on any atom is -0.506 e. The molecule has 18 heavy (non-hydrogen) atoms. The van der Waals surface area contributed by atoms with Crippen LogP contribution in [-0.2, 0) is 6.54 Å². The highest BCUT2D eigenvalue weighted by Crippen LogP contribution is 2.27. The summed E-state index contributed by atoms with van der Waals surface area (Å²) in [5.74, 6) is 2.85. The maximum Gasteiger partial charge on any atom is 0.134 e. The Balaban J connectivity index is 2.12. The molecule has 0 aromatic heterocycles. The summed E-state index contributed by atoms with van der Waals surface area (Å²) in [6.45, 7) is 0.541. The van der Waals surface area contributed by atoms with Crippen molar-refractivity contribution in [2.75, 3.05) is 5.32 Å². The molecule has 0 bridgehead atoms. The van der Waals surface area contributed by atoms with Gasteiger partial charge >= 0.3 is 0 Å². The molecule has 0 aliphatic heterocycles. The van der Waals surface area contributed by atoms with Crippen LogP contribution in [0.3, 0.4) is 0 Å². The molecule has 0 atom stereocenters. The first-order valence-electron chi connectivity index (χ1n) is 5.47. The smallest absolute Gasteiger partial charge is 0.134 e. The zero-order valence-electron chi connectivity index (χ0n) is 9.65. The van der Waals surface area contributed by atoms with Gasteiger partial charge in [-0.15, -0.1) is 6.42 Å². The molecule has 0 aliphatic rings. The SMILES string of the molecule is C#Cc1cccc(NCc2cccc(Br)c2O)c1. The summed E-state index contributed by atoms with van der Waals surface area (Å²) in [7, 11) is 0. The molecular formula is C15H12BrNO. The van der Waals surface area contributed by atoms with E-state index in [-0.39, 0.29) is 5.75 Å². The van der Waals surface area contributed by atoms with Gasteiger partial charge in [0.05, 0.1) is 4.47 Å². The zero-order valence-corrected chi connectivity index (χ0v) is 11.2. The Morgan fingerprint density at radius 1 is 1.22 bits per heavy atom. The van der Waals surface area contributed by atoms with E-state index in [1.54, 1.807) is 6.07 Å². The summed E-state index contributed by atoms with van der Waals surface area (Å²) in [6.07, 6.45) is 5.35. The van der Waals surface area contributed by atoms with Crippen LogP contribution in [0.25, 0.3) is 0 Å². The maximum atomic E-state index is 9.86. The fraction of sp³-hybridized carbons (Fsp3) is 0.0667. The van der Waals surface area contributed by atoms with Crippen molar-refractivity contribution >= 4 is 21.6 Å². The molecule has 0 unspecified atom stereocenters. The summed E-state index contributed by atoms with van der Waals surface area (Å²) in [5.41, 5.74) is 2.60. The van der Waals surface area contributed by atoms with Gasteiger partial charge in [0.2, 0.25) is 0 Å². The maximum absolute atomic E-state index is 9.86. The molecule has 0 saturated carbocycles. The van der Waals surface area contributed by atoms with Crippen molar-refractivity contribution in [3.8, 4) is 18.1 Å². The molecule has 2 aromatic rings. The Kier molecular flexibility index (Phi) is 3.91. The second-order valence-corrected chi connectivity index (χ2v) is 4.68. The number of rotatable bonds is 3. The van der Waals surface area contributed by atoms with Crippen molar-refractivity contribution < 1.29 is 5.11 Å². The van der Waals surface area contributed by atoms with Crippen LogP contribution in [0.15, 0.2) is 46.9 Å². The van der Waals surface area contributed by atoms with Gasteiger partial charge in [0.15, 0.2) is 0 Å². The van der Waals surface area contributed by atoms with Crippen LogP contribution in [-0.4, -0.2) is 5.11 Å². The summed E-state index contributed by atoms with van der Waals surface area (Å²) in [4.78, 5) is 0. The third-order valence-corrected chi connectivity index (χ3v) is 3.22. The highest BCUT2D eigenvalue weighted by Gasteiger charge is 2.04. The zero-order chi connectivity index (χ0) is 13.0. The van der Waals surface area contributed by atoms with E-state index in [4.69, 9.17) is 6.42 Å². The Morgan fingerprint density at radius 3 is 2.78 bits per heavy atom. The number of hydrogen-bond acceptors (Lipinski definition) is 2. The van der Waals surface area contributed by atoms with Gasteiger partial charge in [0.25, 0.3) is 0 Å². The number of phenols is 1. The molecule has 2 nitrogen and oxygen atoms in total. The molecule has 2 aromatic carbocycles. The van der Waals surface area contributed by atoms with Crippen molar-refractivity contribution in [2.24, 2.45) is 0 Å². The first-order chi connectivity index (χ1) is 8.70. The molecule has 0 saturated heterocycles. The van der Waals surface area contributed by atoms with Crippen LogP contribution < -0.4 is 5.32 Å². The van der Waals surface area contributed by atoms with Gasteiger partial charge in [-0.1, -0.05) is 24.1 Å². The van der Waals surface area contributed by atoms with E-state index >= 15 is 0 Å². The number of para-hydroxylation sites is 1. The Morgan fingerprint density at radius 2 is 2.00 bits per heavy atom. The van der Waals surface area contributed by atoms with E-state index < -0.39 is 0 Å². The highest BCUT2D eigenvalue weighted by molar-refractivity contribution is 9.10. The predicted octanol–water partition coefficient (Wildman–Crippen LogP) is 3.75. The van der Waals surface area contributed by atoms with Crippen LogP contribution in [0.1, 0.15) is 11.1 Å². The average Bonchev–Trinajstić information content (AvgIpc) is 2.41. The van der Waals surface area contributed by atoms with Gasteiger partial charge in [-0.25, -0.2) is 0 Å². The normalized spacial score (nSPS) is 9.78. The quantitative estimate of drug-likeness (QED) is 0.846. The molecule has 0 amide bonds. The number of terminal acetylenes is 1. The minimum atomic E-state index is 0.262. The number of nitrogens with one attached hydrogen (secondary N) is 1. The minimum absolute atomic E-state index is 0.262. The van der Waals surface area contributed by atoms with Crippen molar-refractivity contribution in [2.45, 2.75) is 6.54 Å². The fourth-order valence-corrected chi connectivity index (χ4v) is 2.03. The van der Waals surface area contributed by atoms with Crippen LogP contribution in [0.2, 0.25) is 0 Å². The molecule has 0 heterocycles. The number of benzene rings is 2. The van der Waals surface area contributed by atoms with E-state index in [0.29, 0.717) is 11.0 Å². The van der Waals surface area contributed by atoms with Crippen molar-refractivity contribution in [1.82, 2.24) is 0 Å². The van der Waals surface area contributed by atoms with Crippen molar-refractivity contribution in [3.63, 3.8) is 0 Å². The molecular weight excluding hydrogens is 290 g/mol. The van der Waals surface area contributed by atoms with Crippen molar-refractivity contribution in [1.29, 1.82) is 0 Å². The van der Waals surface area contributed by atoms with Crippen LogP contribution in [0, 0.1) is 12.3 Å². The summed E-state index contributed by atoms with van der Waals surface area (Å²) >= 11 is 3.29. The summed E-state index contributed by atoms with van der Waals surface area (Å²) < 4.78 is 0.694. The molecule has 90 valence electrons. The summed E-state index contributed by atoms with van der Waals surface area (Å²) in [5, 5.41) is 13.1. The molecule has 2 N–H and O–H groups in total. The number of aromatic hydroxyl groups is 1. The second kappa shape index (κ2) is 5.61. The molecule has 0 fully saturated rings. The largest absolute Gasteiger partial charge is 0.506 e. The lowest BCUT2D eigenvalue weighted by molar-refractivity contribution is 0.465. The number of halogens is 1. The fourth-order valence-electron chi connectivity index (χ4n) is 1.62. The monoisotopic (exact) mass is 301 g/mol. The Bertz CT molecular complexity index is 602. The highest BCUT2D eigenvalue weighted by atomic mass is 79.9. The average molecular weight is 302 g/mol. The van der Waals surface area contributed by atoms with Crippen LogP contribution in [0.5, 0.6) is 5.75 Å². The van der Waals surface area contributed by atoms with Gasteiger partial charge < -0.3 is 10.4 Å². The third-order valence-electron chi connectivity index (χ3n) is 2.58. The van der Waals surface area contributed by atoms with E-state index in [1.165, 1.54) is 0 Å². The first kappa shape index (κ1) is 12.5. The first-order valence-corrected chi connectivity index (χ1v) is 6.27. The summed E-state index contributed by atoms with van der Waals surface area (Å²) in [6, 6.07) is 13.2. The van der Waals surface area contributed by atoms with E-state index in [0.717, 1.165) is 16.8 Å². The van der Waals surface area contributed by atoms with Gasteiger partial charge in [-0.2, -0.15) is 0 Å². The standard InChI is InChI=1S/C15H12BrNO/c1-2-11-5-3-7-13(9-11)17-10-12-6-4-8-14(16)15(12)18/h1,3-9,17-18H,10H2. The van der Waals surface area contributed by atoms with Crippen LogP contribution >= 0.6 is 15.9 Å². The van der Waals surface area contributed by atoms with E-state index in [9.17, 15) is 5.11 Å². The Labute approximate surface area is 115 Å². The predicted molar refractivity (Wildman–Crippen MR) is 77.5 cm³/mol. The number of phenolic OH excluding ortho intramolecular Hbond substituents is 1. The number of anilines is 1.